The zero-order valence-electron chi connectivity index (χ0n) is 42.2. The summed E-state index contributed by atoms with van der Waals surface area (Å²) < 4.78 is 5.94. The summed E-state index contributed by atoms with van der Waals surface area (Å²) in [6.07, 6.45) is 60.6. The molecular weight excluding hydrogens is 779 g/mol. The van der Waals surface area contributed by atoms with Crippen molar-refractivity contribution in [3.8, 4) is 0 Å². The summed E-state index contributed by atoms with van der Waals surface area (Å²) in [6, 6.07) is -0.703. The van der Waals surface area contributed by atoms with Gasteiger partial charge in [-0.3, -0.25) is 9.59 Å². The minimum absolute atomic E-state index is 0.0735. The molecule has 0 saturated heterocycles. The van der Waals surface area contributed by atoms with Crippen molar-refractivity contribution in [2.45, 2.75) is 309 Å². The van der Waals surface area contributed by atoms with Gasteiger partial charge in [0.1, 0.15) is 6.10 Å². The lowest BCUT2D eigenvalue weighted by molar-refractivity contribution is -0.151. The highest BCUT2D eigenvalue weighted by atomic mass is 16.5. The molecule has 6 heteroatoms. The largest absolute Gasteiger partial charge is 0.462 e. The Labute approximate surface area is 392 Å². The van der Waals surface area contributed by atoms with Gasteiger partial charge in [0, 0.05) is 6.42 Å². The molecule has 3 unspecified atom stereocenters. The van der Waals surface area contributed by atoms with Crippen LogP contribution in [0.1, 0.15) is 290 Å². The Kier molecular flexibility index (Phi) is 49.5. The first-order valence-corrected chi connectivity index (χ1v) is 27.7. The zero-order valence-corrected chi connectivity index (χ0v) is 42.2. The normalized spacial score (nSPS) is 13.4. The molecule has 0 bridgehead atoms. The van der Waals surface area contributed by atoms with Crippen LogP contribution < -0.4 is 5.32 Å². The van der Waals surface area contributed by atoms with Crippen molar-refractivity contribution in [3.63, 3.8) is 0 Å². The second kappa shape index (κ2) is 51.1. The first kappa shape index (κ1) is 61.1. The summed E-state index contributed by atoms with van der Waals surface area (Å²) in [4.78, 5) is 26.2. The third kappa shape index (κ3) is 46.4. The van der Waals surface area contributed by atoms with E-state index in [-0.39, 0.29) is 24.9 Å². The van der Waals surface area contributed by atoms with Crippen LogP contribution in [0.4, 0.5) is 0 Å². The number of unbranched alkanes of at least 4 members (excludes halogenated alkanes) is 34. The Hall–Kier alpha value is -1.92. The van der Waals surface area contributed by atoms with Gasteiger partial charge in [-0.2, -0.15) is 0 Å². The third-order valence-corrected chi connectivity index (χ3v) is 12.8. The number of allylic oxidation sites excluding steroid dienone is 6. The van der Waals surface area contributed by atoms with Crippen LogP contribution in [0.3, 0.4) is 0 Å². The van der Waals surface area contributed by atoms with E-state index in [0.717, 1.165) is 70.6 Å². The van der Waals surface area contributed by atoms with Gasteiger partial charge in [0.15, 0.2) is 0 Å². The molecule has 0 aromatic rings. The van der Waals surface area contributed by atoms with E-state index in [1.165, 1.54) is 173 Å². The number of carbonyl (C=O) groups is 2. The van der Waals surface area contributed by atoms with Gasteiger partial charge in [-0.25, -0.2) is 0 Å². The van der Waals surface area contributed by atoms with Gasteiger partial charge < -0.3 is 20.3 Å². The maximum atomic E-state index is 13.2. The van der Waals surface area contributed by atoms with E-state index in [4.69, 9.17) is 4.74 Å². The number of rotatable bonds is 50. The predicted octanol–water partition coefficient (Wildman–Crippen LogP) is 16.8. The first-order chi connectivity index (χ1) is 31.0. The minimum atomic E-state index is -0.789. The lowest BCUT2D eigenvalue weighted by Crippen LogP contribution is -2.46. The molecule has 0 aliphatic heterocycles. The van der Waals surface area contributed by atoms with Crippen LogP contribution >= 0.6 is 0 Å². The summed E-state index contributed by atoms with van der Waals surface area (Å²) in [5.74, 6) is -0.483. The molecule has 63 heavy (non-hydrogen) atoms. The van der Waals surface area contributed by atoms with Crippen LogP contribution in [-0.2, 0) is 14.3 Å². The SMILES string of the molecule is CC/C=C/C=C/C=C\CCCCCCCC(=O)OC(CCCCCCCCCCCCCCCC)CC(=O)NC(CO)C(O)CCCCCCCCCCCCCCCCCCC. The maximum Gasteiger partial charge on any atom is 0.306 e. The molecule has 0 saturated carbocycles. The topological polar surface area (TPSA) is 95.9 Å². The van der Waals surface area contributed by atoms with Crippen molar-refractivity contribution >= 4 is 11.9 Å². The van der Waals surface area contributed by atoms with E-state index in [0.29, 0.717) is 19.3 Å². The minimum Gasteiger partial charge on any atom is -0.462 e. The lowest BCUT2D eigenvalue weighted by atomic mass is 10.0. The molecule has 0 rings (SSSR count). The molecule has 0 fully saturated rings. The first-order valence-electron chi connectivity index (χ1n) is 27.7. The van der Waals surface area contributed by atoms with Crippen molar-refractivity contribution in [2.24, 2.45) is 0 Å². The van der Waals surface area contributed by atoms with E-state index in [1.807, 2.05) is 0 Å². The summed E-state index contributed by atoms with van der Waals surface area (Å²) >= 11 is 0. The van der Waals surface area contributed by atoms with Gasteiger partial charge in [-0.1, -0.05) is 269 Å². The molecule has 3 atom stereocenters. The maximum absolute atomic E-state index is 13.2. The van der Waals surface area contributed by atoms with Crippen LogP contribution in [0.15, 0.2) is 36.5 Å². The van der Waals surface area contributed by atoms with Crippen LogP contribution in [0.5, 0.6) is 0 Å². The van der Waals surface area contributed by atoms with Gasteiger partial charge >= 0.3 is 5.97 Å². The fourth-order valence-electron chi connectivity index (χ4n) is 8.61. The third-order valence-electron chi connectivity index (χ3n) is 12.8. The highest BCUT2D eigenvalue weighted by molar-refractivity contribution is 5.77. The Morgan fingerprint density at radius 3 is 1.29 bits per heavy atom. The summed E-state index contributed by atoms with van der Waals surface area (Å²) in [5.41, 5.74) is 0. The summed E-state index contributed by atoms with van der Waals surface area (Å²) in [5, 5.41) is 23.9. The lowest BCUT2D eigenvalue weighted by Gasteiger charge is -2.24. The highest BCUT2D eigenvalue weighted by Crippen LogP contribution is 2.19. The molecule has 0 aliphatic rings. The smallest absolute Gasteiger partial charge is 0.306 e. The van der Waals surface area contributed by atoms with Crippen molar-refractivity contribution in [1.82, 2.24) is 5.32 Å². The van der Waals surface area contributed by atoms with Crippen molar-refractivity contribution in [1.29, 1.82) is 0 Å². The zero-order chi connectivity index (χ0) is 45.9. The molecule has 0 radical (unpaired) electrons. The number of aliphatic hydroxyl groups is 2. The van der Waals surface area contributed by atoms with Crippen molar-refractivity contribution in [3.05, 3.63) is 36.5 Å². The van der Waals surface area contributed by atoms with Crippen LogP contribution in [0.2, 0.25) is 0 Å². The molecule has 1 amide bonds. The quantitative estimate of drug-likeness (QED) is 0.0321. The summed E-state index contributed by atoms with van der Waals surface area (Å²) in [6.45, 7) is 6.38. The fraction of sp³-hybridized carbons (Fsp3) is 0.860. The highest BCUT2D eigenvalue weighted by Gasteiger charge is 2.24. The number of ether oxygens (including phenoxy) is 1. The number of carbonyl (C=O) groups excluding carboxylic acids is 2. The van der Waals surface area contributed by atoms with Crippen LogP contribution in [-0.4, -0.2) is 46.9 Å². The molecule has 0 aromatic carbocycles. The van der Waals surface area contributed by atoms with Gasteiger partial charge in [-0.15, -0.1) is 0 Å². The van der Waals surface area contributed by atoms with Gasteiger partial charge in [0.05, 0.1) is 25.2 Å². The van der Waals surface area contributed by atoms with E-state index in [9.17, 15) is 19.8 Å². The monoisotopic (exact) mass is 886 g/mol. The van der Waals surface area contributed by atoms with Crippen LogP contribution in [0, 0.1) is 0 Å². The van der Waals surface area contributed by atoms with Crippen molar-refractivity contribution in [2.75, 3.05) is 6.61 Å². The fourth-order valence-corrected chi connectivity index (χ4v) is 8.61. The van der Waals surface area contributed by atoms with Gasteiger partial charge in [-0.05, 0) is 44.9 Å². The van der Waals surface area contributed by atoms with Gasteiger partial charge in [0.25, 0.3) is 0 Å². The number of aliphatic hydroxyl groups excluding tert-OH is 2. The number of amides is 1. The molecule has 370 valence electrons. The van der Waals surface area contributed by atoms with E-state index in [1.54, 1.807) is 0 Å². The molecule has 6 nitrogen and oxygen atoms in total. The second-order valence-corrected chi connectivity index (χ2v) is 19.0. The number of nitrogens with one attached hydrogen (secondary N) is 1. The average molecular weight is 886 g/mol. The van der Waals surface area contributed by atoms with E-state index < -0.39 is 18.2 Å². The van der Waals surface area contributed by atoms with Crippen LogP contribution in [0.25, 0.3) is 0 Å². The number of hydrogen-bond donors (Lipinski definition) is 3. The Morgan fingerprint density at radius 1 is 0.476 bits per heavy atom. The number of hydrogen-bond acceptors (Lipinski definition) is 5. The Balaban J connectivity index is 4.51. The second-order valence-electron chi connectivity index (χ2n) is 19.0. The summed E-state index contributed by atoms with van der Waals surface area (Å²) in [7, 11) is 0. The van der Waals surface area contributed by atoms with Gasteiger partial charge in [0.2, 0.25) is 5.91 Å². The molecule has 3 N–H and O–H groups in total. The Morgan fingerprint density at radius 2 is 0.857 bits per heavy atom. The molecule has 0 aliphatic carbocycles. The van der Waals surface area contributed by atoms with Crippen molar-refractivity contribution < 1.29 is 24.5 Å². The molecule has 0 spiro atoms. The predicted molar refractivity (Wildman–Crippen MR) is 273 cm³/mol. The number of esters is 1. The van der Waals surface area contributed by atoms with E-state index in [2.05, 4.69) is 62.5 Å². The average Bonchev–Trinajstić information content (AvgIpc) is 3.28. The molecule has 0 aromatic heterocycles. The standard InChI is InChI=1S/C57H107NO5/c1-4-7-10-13-16-19-22-25-27-28-29-32-34-37-40-43-46-49-55(60)54(52-59)58-56(61)51-53(48-45-42-39-36-33-31-26-23-20-17-14-11-8-5-2)63-57(62)50-47-44-41-38-35-30-24-21-18-15-12-9-6-3/h9,12,15,18,21,24,53-55,59-60H,4-8,10-11,13-14,16-17,19-20,22-23,25-52H2,1-3H3,(H,58,61)/b12-9+,18-15+,24-21-. The molecule has 0 heterocycles. The Bertz CT molecular complexity index is 1040. The molecular formula is C57H107NO5. The van der Waals surface area contributed by atoms with E-state index >= 15 is 0 Å².